The molecule has 0 saturated heterocycles. The largest absolute Gasteiger partial charge is 0.493 e. The topological polar surface area (TPSA) is 84.9 Å². The normalized spacial score (nSPS) is 11.5. The predicted molar refractivity (Wildman–Crippen MR) is 109 cm³/mol. The summed E-state index contributed by atoms with van der Waals surface area (Å²) >= 11 is 0. The van der Waals surface area contributed by atoms with Crippen LogP contribution in [0.15, 0.2) is 47.4 Å². The minimum Gasteiger partial charge on any atom is -0.493 e. The van der Waals surface area contributed by atoms with E-state index in [4.69, 9.17) is 9.47 Å². The molecular formula is C20H26N2O5S. The number of carbonyl (C=O) groups is 1. The second-order valence-electron chi connectivity index (χ2n) is 6.84. The average Bonchev–Trinajstić information content (AvgIpc) is 2.66. The lowest BCUT2D eigenvalue weighted by molar-refractivity contribution is 0.102. The maximum atomic E-state index is 12.5. The molecule has 0 atom stereocenters. The Kier molecular flexibility index (Phi) is 7.04. The number of carbonyl (C=O) groups excluding carboxylic acids is 1. The van der Waals surface area contributed by atoms with E-state index in [2.05, 4.69) is 5.32 Å². The van der Waals surface area contributed by atoms with E-state index in [1.54, 1.807) is 30.3 Å². The number of hydrogen-bond donors (Lipinski definition) is 1. The molecule has 0 aliphatic rings. The molecule has 2 aromatic carbocycles. The van der Waals surface area contributed by atoms with E-state index in [9.17, 15) is 13.2 Å². The van der Waals surface area contributed by atoms with Crippen molar-refractivity contribution in [1.82, 2.24) is 4.31 Å². The lowest BCUT2D eigenvalue weighted by Crippen LogP contribution is -2.22. The Labute approximate surface area is 166 Å². The first-order valence-electron chi connectivity index (χ1n) is 8.80. The zero-order valence-corrected chi connectivity index (χ0v) is 17.5. The molecule has 0 spiro atoms. The van der Waals surface area contributed by atoms with Gasteiger partial charge in [0.25, 0.3) is 5.91 Å². The van der Waals surface area contributed by atoms with Gasteiger partial charge in [0.15, 0.2) is 11.5 Å². The van der Waals surface area contributed by atoms with Crippen LogP contribution in [-0.4, -0.2) is 46.4 Å². The van der Waals surface area contributed by atoms with Crippen molar-refractivity contribution in [3.63, 3.8) is 0 Å². The van der Waals surface area contributed by atoms with Crippen LogP contribution in [-0.2, 0) is 10.0 Å². The highest BCUT2D eigenvalue weighted by Gasteiger charge is 2.17. The van der Waals surface area contributed by atoms with Gasteiger partial charge in [-0.15, -0.1) is 0 Å². The van der Waals surface area contributed by atoms with Gasteiger partial charge in [-0.2, -0.15) is 0 Å². The summed E-state index contributed by atoms with van der Waals surface area (Å²) in [4.78, 5) is 12.7. The fourth-order valence-electron chi connectivity index (χ4n) is 2.31. The third-order valence-corrected chi connectivity index (χ3v) is 5.72. The van der Waals surface area contributed by atoms with Gasteiger partial charge in [0.2, 0.25) is 10.0 Å². The summed E-state index contributed by atoms with van der Waals surface area (Å²) in [6.07, 6.45) is 0. The molecule has 0 radical (unpaired) electrons. The van der Waals surface area contributed by atoms with Crippen LogP contribution in [0, 0.1) is 5.92 Å². The van der Waals surface area contributed by atoms with Crippen LogP contribution < -0.4 is 14.8 Å². The van der Waals surface area contributed by atoms with Crippen LogP contribution in [0.1, 0.15) is 24.2 Å². The van der Waals surface area contributed by atoms with Crippen molar-refractivity contribution in [3.05, 3.63) is 48.0 Å². The molecule has 1 amide bonds. The lowest BCUT2D eigenvalue weighted by atomic mass is 10.1. The second-order valence-corrected chi connectivity index (χ2v) is 8.99. The molecule has 2 rings (SSSR count). The van der Waals surface area contributed by atoms with Crippen molar-refractivity contribution in [2.45, 2.75) is 18.7 Å². The van der Waals surface area contributed by atoms with Crippen LogP contribution in [0.4, 0.5) is 5.69 Å². The first-order valence-corrected chi connectivity index (χ1v) is 10.2. The fraction of sp³-hybridized carbons (Fsp3) is 0.350. The van der Waals surface area contributed by atoms with E-state index in [0.29, 0.717) is 35.3 Å². The molecule has 2 aromatic rings. The number of nitrogens with zero attached hydrogens (tertiary/aromatic N) is 1. The maximum Gasteiger partial charge on any atom is 0.255 e. The van der Waals surface area contributed by atoms with Gasteiger partial charge >= 0.3 is 0 Å². The molecule has 8 heteroatoms. The summed E-state index contributed by atoms with van der Waals surface area (Å²) in [5, 5.41) is 2.74. The Morgan fingerprint density at radius 2 is 1.71 bits per heavy atom. The van der Waals surface area contributed by atoms with E-state index in [1.165, 1.54) is 33.3 Å². The Hall–Kier alpha value is -2.58. The summed E-state index contributed by atoms with van der Waals surface area (Å²) < 4.78 is 36.3. The average molecular weight is 407 g/mol. The Balaban J connectivity index is 2.14. The fourth-order valence-corrected chi connectivity index (χ4v) is 3.21. The Bertz CT molecular complexity index is 922. The number of methoxy groups -OCH3 is 1. The van der Waals surface area contributed by atoms with Crippen molar-refractivity contribution in [2.75, 3.05) is 33.1 Å². The smallest absolute Gasteiger partial charge is 0.255 e. The standard InChI is InChI=1S/C20H26N2O5S/c1-14(2)13-27-18-11-6-15(12-19(18)26-5)20(23)21-16-7-9-17(10-8-16)28(24,25)22(3)4/h6-12,14H,13H2,1-5H3,(H,21,23). The number of sulfonamides is 1. The molecular weight excluding hydrogens is 380 g/mol. The molecule has 0 unspecified atom stereocenters. The van der Waals surface area contributed by atoms with E-state index in [0.717, 1.165) is 4.31 Å². The molecule has 0 heterocycles. The van der Waals surface area contributed by atoms with Crippen LogP contribution >= 0.6 is 0 Å². The number of rotatable bonds is 8. The van der Waals surface area contributed by atoms with Crippen molar-refractivity contribution in [2.24, 2.45) is 5.92 Å². The summed E-state index contributed by atoms with van der Waals surface area (Å²) in [5.41, 5.74) is 0.889. The number of nitrogens with one attached hydrogen (secondary N) is 1. The molecule has 1 N–H and O–H groups in total. The first kappa shape index (κ1) is 21.7. The third-order valence-electron chi connectivity index (χ3n) is 3.89. The van der Waals surface area contributed by atoms with Gasteiger partial charge in [-0.3, -0.25) is 4.79 Å². The van der Waals surface area contributed by atoms with Crippen molar-refractivity contribution in [3.8, 4) is 11.5 Å². The number of hydrogen-bond acceptors (Lipinski definition) is 5. The molecule has 28 heavy (non-hydrogen) atoms. The highest BCUT2D eigenvalue weighted by atomic mass is 32.2. The van der Waals surface area contributed by atoms with Gasteiger partial charge in [-0.1, -0.05) is 13.8 Å². The second kappa shape index (κ2) is 9.07. The van der Waals surface area contributed by atoms with Crippen molar-refractivity contribution >= 4 is 21.6 Å². The summed E-state index contributed by atoms with van der Waals surface area (Å²) in [6.45, 7) is 4.64. The van der Waals surface area contributed by atoms with Gasteiger partial charge in [-0.05, 0) is 48.4 Å². The van der Waals surface area contributed by atoms with Gasteiger partial charge in [0.05, 0.1) is 18.6 Å². The van der Waals surface area contributed by atoms with E-state index in [-0.39, 0.29) is 10.8 Å². The molecule has 0 aromatic heterocycles. The van der Waals surface area contributed by atoms with Gasteiger partial charge in [0.1, 0.15) is 0 Å². The lowest BCUT2D eigenvalue weighted by Gasteiger charge is -2.14. The van der Waals surface area contributed by atoms with E-state index < -0.39 is 10.0 Å². The first-order chi connectivity index (χ1) is 13.1. The number of amides is 1. The number of benzene rings is 2. The number of anilines is 1. The van der Waals surface area contributed by atoms with Crippen LogP contribution in [0.3, 0.4) is 0 Å². The van der Waals surface area contributed by atoms with E-state index >= 15 is 0 Å². The monoisotopic (exact) mass is 406 g/mol. The van der Waals surface area contributed by atoms with Gasteiger partial charge in [-0.25, -0.2) is 12.7 Å². The SMILES string of the molecule is COc1cc(C(=O)Nc2ccc(S(=O)(=O)N(C)C)cc2)ccc1OCC(C)C. The Morgan fingerprint density at radius 1 is 1.07 bits per heavy atom. The predicted octanol–water partition coefficient (Wildman–Crippen LogP) is 3.23. The maximum absolute atomic E-state index is 12.5. The van der Waals surface area contributed by atoms with Gasteiger partial charge < -0.3 is 14.8 Å². The van der Waals surface area contributed by atoms with Crippen molar-refractivity contribution < 1.29 is 22.7 Å². The van der Waals surface area contributed by atoms with Crippen LogP contribution in [0.5, 0.6) is 11.5 Å². The highest BCUT2D eigenvalue weighted by Crippen LogP contribution is 2.29. The zero-order valence-electron chi connectivity index (χ0n) is 16.7. The number of ether oxygens (including phenoxy) is 2. The Morgan fingerprint density at radius 3 is 2.25 bits per heavy atom. The van der Waals surface area contributed by atoms with Gasteiger partial charge in [0, 0.05) is 25.3 Å². The molecule has 0 aliphatic heterocycles. The zero-order chi connectivity index (χ0) is 20.9. The van der Waals surface area contributed by atoms with E-state index in [1.807, 2.05) is 13.8 Å². The minimum atomic E-state index is -3.51. The molecule has 0 bridgehead atoms. The molecule has 152 valence electrons. The van der Waals surface area contributed by atoms with Crippen LogP contribution in [0.25, 0.3) is 0 Å². The third kappa shape index (κ3) is 5.24. The molecule has 7 nitrogen and oxygen atoms in total. The molecule has 0 aliphatic carbocycles. The molecule has 0 saturated carbocycles. The summed E-state index contributed by atoms with van der Waals surface area (Å²) in [7, 11) is 0.938. The van der Waals surface area contributed by atoms with Crippen LogP contribution in [0.2, 0.25) is 0 Å². The molecule has 0 fully saturated rings. The highest BCUT2D eigenvalue weighted by molar-refractivity contribution is 7.89. The summed E-state index contributed by atoms with van der Waals surface area (Å²) in [5.74, 6) is 1.08. The minimum absolute atomic E-state index is 0.156. The van der Waals surface area contributed by atoms with Crippen molar-refractivity contribution in [1.29, 1.82) is 0 Å². The quantitative estimate of drug-likeness (QED) is 0.727. The summed E-state index contributed by atoms with van der Waals surface area (Å²) in [6, 6.07) is 11.0.